The minimum atomic E-state index is -3.57. The number of piperazine rings is 1. The van der Waals surface area contributed by atoms with Crippen molar-refractivity contribution in [3.8, 4) is 0 Å². The molecule has 9 heteroatoms. The summed E-state index contributed by atoms with van der Waals surface area (Å²) in [4.78, 5) is 22.7. The molecular formula is C12H15N3O5S. The molecule has 2 rings (SSSR count). The van der Waals surface area contributed by atoms with Crippen LogP contribution in [0.5, 0.6) is 0 Å². The van der Waals surface area contributed by atoms with Crippen LogP contribution < -0.4 is 0 Å². The molecule has 0 aromatic heterocycles. The number of hydrogen-bond donors (Lipinski definition) is 0. The minimum absolute atomic E-state index is 0.140. The minimum Gasteiger partial charge on any atom is -0.334 e. The molecular weight excluding hydrogens is 298 g/mol. The number of nitrogens with zero attached hydrogens (tertiary/aromatic N) is 3. The van der Waals surface area contributed by atoms with Crippen molar-refractivity contribution in [1.82, 2.24) is 9.21 Å². The summed E-state index contributed by atoms with van der Waals surface area (Å²) in [5.74, 6) is -0.586. The normalized spacial score (nSPS) is 16.7. The molecule has 0 saturated carbocycles. The van der Waals surface area contributed by atoms with Crippen molar-refractivity contribution in [2.75, 3.05) is 32.7 Å². The molecule has 8 nitrogen and oxygen atoms in total. The molecule has 114 valence electrons. The Morgan fingerprint density at radius 1 is 1.14 bits per heavy atom. The maximum absolute atomic E-state index is 12.4. The third-order valence-electron chi connectivity index (χ3n) is 3.24. The number of carbonyl (C=O) groups is 1. The zero-order chi connectivity index (χ0) is 15.5. The van der Waals surface area contributed by atoms with Gasteiger partial charge in [-0.3, -0.25) is 14.9 Å². The quantitative estimate of drug-likeness (QED) is 0.566. The molecule has 1 aromatic carbocycles. The van der Waals surface area contributed by atoms with Gasteiger partial charge in [0.15, 0.2) is 0 Å². The molecule has 1 fully saturated rings. The van der Waals surface area contributed by atoms with Crippen LogP contribution in [-0.4, -0.2) is 61.2 Å². The van der Waals surface area contributed by atoms with E-state index in [9.17, 15) is 23.3 Å². The SMILES string of the molecule is O=C(C[N+](=O)[O-])N1CCN(S(=O)(=O)c2ccccc2)CC1. The highest BCUT2D eigenvalue weighted by molar-refractivity contribution is 7.89. The highest BCUT2D eigenvalue weighted by atomic mass is 32.2. The van der Waals surface area contributed by atoms with Gasteiger partial charge in [-0.25, -0.2) is 8.42 Å². The number of nitro groups is 1. The van der Waals surface area contributed by atoms with Gasteiger partial charge in [0.2, 0.25) is 10.0 Å². The Morgan fingerprint density at radius 2 is 1.71 bits per heavy atom. The van der Waals surface area contributed by atoms with Crippen LogP contribution in [0.2, 0.25) is 0 Å². The van der Waals surface area contributed by atoms with Crippen molar-refractivity contribution < 1.29 is 18.1 Å². The Hall–Kier alpha value is -2.00. The zero-order valence-corrected chi connectivity index (χ0v) is 12.0. The predicted octanol–water partition coefficient (Wildman–Crippen LogP) is -0.204. The third-order valence-corrected chi connectivity index (χ3v) is 5.15. The van der Waals surface area contributed by atoms with Gasteiger partial charge in [-0.15, -0.1) is 0 Å². The first-order valence-corrected chi connectivity index (χ1v) is 7.80. The molecule has 21 heavy (non-hydrogen) atoms. The standard InChI is InChI=1S/C12H15N3O5S/c16-12(10-15(17)18)13-6-8-14(9-7-13)21(19,20)11-4-2-1-3-5-11/h1-5H,6-10H2. The van der Waals surface area contributed by atoms with Crippen molar-refractivity contribution in [3.63, 3.8) is 0 Å². The number of benzene rings is 1. The molecule has 0 radical (unpaired) electrons. The van der Waals surface area contributed by atoms with Gasteiger partial charge in [0.05, 0.1) is 4.90 Å². The molecule has 1 heterocycles. The average Bonchev–Trinajstić information content (AvgIpc) is 2.47. The fourth-order valence-electron chi connectivity index (χ4n) is 2.13. The Kier molecular flexibility index (Phi) is 4.53. The van der Waals surface area contributed by atoms with E-state index in [-0.39, 0.29) is 31.1 Å². The molecule has 1 amide bonds. The number of carbonyl (C=O) groups excluding carboxylic acids is 1. The molecule has 0 N–H and O–H groups in total. The van der Waals surface area contributed by atoms with Crippen molar-refractivity contribution in [2.24, 2.45) is 0 Å². The molecule has 0 aliphatic carbocycles. The lowest BCUT2D eigenvalue weighted by atomic mass is 10.3. The summed E-state index contributed by atoms with van der Waals surface area (Å²) in [6, 6.07) is 8.04. The second kappa shape index (κ2) is 6.19. The summed E-state index contributed by atoms with van der Waals surface area (Å²) in [6.45, 7) is -0.149. The fourth-order valence-corrected chi connectivity index (χ4v) is 3.57. The summed E-state index contributed by atoms with van der Waals surface area (Å²) in [5, 5.41) is 10.3. The van der Waals surface area contributed by atoms with Gasteiger partial charge in [-0.05, 0) is 12.1 Å². The number of sulfonamides is 1. The van der Waals surface area contributed by atoms with E-state index in [2.05, 4.69) is 0 Å². The highest BCUT2D eigenvalue weighted by Crippen LogP contribution is 2.17. The molecule has 0 atom stereocenters. The van der Waals surface area contributed by atoms with Crippen LogP contribution in [0.3, 0.4) is 0 Å². The maximum Gasteiger partial charge on any atom is 0.294 e. The Balaban J connectivity index is 2.01. The van der Waals surface area contributed by atoms with Crippen LogP contribution in [-0.2, 0) is 14.8 Å². The summed E-state index contributed by atoms with van der Waals surface area (Å²) < 4.78 is 26.0. The van der Waals surface area contributed by atoms with Gasteiger partial charge in [-0.2, -0.15) is 4.31 Å². The monoisotopic (exact) mass is 313 g/mol. The van der Waals surface area contributed by atoms with Gasteiger partial charge < -0.3 is 4.90 Å². The number of hydrogen-bond acceptors (Lipinski definition) is 5. The highest BCUT2D eigenvalue weighted by Gasteiger charge is 2.30. The largest absolute Gasteiger partial charge is 0.334 e. The van der Waals surface area contributed by atoms with Crippen LogP contribution in [0.4, 0.5) is 0 Å². The lowest BCUT2D eigenvalue weighted by molar-refractivity contribution is -0.468. The van der Waals surface area contributed by atoms with Crippen LogP contribution in [0.15, 0.2) is 35.2 Å². The van der Waals surface area contributed by atoms with E-state index < -0.39 is 27.4 Å². The van der Waals surface area contributed by atoms with E-state index in [0.29, 0.717) is 0 Å². The van der Waals surface area contributed by atoms with Crippen molar-refractivity contribution in [2.45, 2.75) is 4.90 Å². The Morgan fingerprint density at radius 3 is 2.24 bits per heavy atom. The summed E-state index contributed by atoms with van der Waals surface area (Å²) in [6.07, 6.45) is 0. The van der Waals surface area contributed by atoms with Crippen LogP contribution in [0.1, 0.15) is 0 Å². The molecule has 0 bridgehead atoms. The smallest absolute Gasteiger partial charge is 0.294 e. The van der Waals surface area contributed by atoms with Gasteiger partial charge in [0.1, 0.15) is 0 Å². The molecule has 1 aliphatic rings. The maximum atomic E-state index is 12.4. The van der Waals surface area contributed by atoms with Crippen LogP contribution >= 0.6 is 0 Å². The van der Waals surface area contributed by atoms with E-state index in [4.69, 9.17) is 0 Å². The zero-order valence-electron chi connectivity index (χ0n) is 11.2. The van der Waals surface area contributed by atoms with E-state index in [1.165, 1.54) is 21.3 Å². The predicted molar refractivity (Wildman–Crippen MR) is 73.6 cm³/mol. The van der Waals surface area contributed by atoms with E-state index >= 15 is 0 Å². The average molecular weight is 313 g/mol. The Bertz CT molecular complexity index is 624. The van der Waals surface area contributed by atoms with Crippen molar-refractivity contribution in [3.05, 3.63) is 40.4 Å². The molecule has 1 aromatic rings. The summed E-state index contributed by atoms with van der Waals surface area (Å²) >= 11 is 0. The lowest BCUT2D eigenvalue weighted by Gasteiger charge is -2.33. The fraction of sp³-hybridized carbons (Fsp3) is 0.417. The van der Waals surface area contributed by atoms with Gasteiger partial charge in [-0.1, -0.05) is 18.2 Å². The second-order valence-corrected chi connectivity index (χ2v) is 6.53. The van der Waals surface area contributed by atoms with E-state index in [0.717, 1.165) is 0 Å². The van der Waals surface area contributed by atoms with E-state index in [1.54, 1.807) is 18.2 Å². The van der Waals surface area contributed by atoms with E-state index in [1.807, 2.05) is 0 Å². The van der Waals surface area contributed by atoms with Gasteiger partial charge in [0, 0.05) is 31.1 Å². The number of amides is 1. The molecule has 1 aliphatic heterocycles. The Labute approximate surface area is 122 Å². The van der Waals surface area contributed by atoms with Crippen LogP contribution in [0, 0.1) is 10.1 Å². The van der Waals surface area contributed by atoms with Crippen LogP contribution in [0.25, 0.3) is 0 Å². The molecule has 0 unspecified atom stereocenters. The number of rotatable bonds is 4. The van der Waals surface area contributed by atoms with Crippen molar-refractivity contribution in [1.29, 1.82) is 0 Å². The summed E-state index contributed by atoms with van der Waals surface area (Å²) in [7, 11) is -3.57. The van der Waals surface area contributed by atoms with Gasteiger partial charge in [0.25, 0.3) is 12.5 Å². The molecule has 1 saturated heterocycles. The first kappa shape index (κ1) is 15.4. The lowest BCUT2D eigenvalue weighted by Crippen LogP contribution is -2.51. The van der Waals surface area contributed by atoms with Gasteiger partial charge >= 0.3 is 0 Å². The third kappa shape index (κ3) is 3.56. The van der Waals surface area contributed by atoms with Crippen molar-refractivity contribution >= 4 is 15.9 Å². The first-order valence-electron chi connectivity index (χ1n) is 6.36. The topological polar surface area (TPSA) is 101 Å². The molecule has 0 spiro atoms. The summed E-state index contributed by atoms with van der Waals surface area (Å²) in [5.41, 5.74) is 0. The second-order valence-electron chi connectivity index (χ2n) is 4.59. The first-order chi connectivity index (χ1) is 9.91.